The number of nitrogens with one attached hydrogen (secondary N) is 3. The molecule has 0 aromatic heterocycles. The Morgan fingerprint density at radius 3 is 2.38 bits per heavy atom. The molecular weight excluding hydrogens is 534 g/mol. The Morgan fingerprint density at radius 2 is 1.77 bits per heavy atom. The van der Waals surface area contributed by atoms with Crippen molar-refractivity contribution in [3.63, 3.8) is 0 Å². The number of nitrogens with zero attached hydrogens (tertiary/aromatic N) is 1. The second kappa shape index (κ2) is 18.0. The summed E-state index contributed by atoms with van der Waals surface area (Å²) in [6.45, 7) is 6.53. The van der Waals surface area contributed by atoms with Crippen LogP contribution in [0.15, 0.2) is 18.2 Å². The van der Waals surface area contributed by atoms with E-state index >= 15 is 0 Å². The van der Waals surface area contributed by atoms with Gasteiger partial charge in [-0.1, -0.05) is 12.1 Å². The molecule has 0 saturated carbocycles. The zero-order valence-corrected chi connectivity index (χ0v) is 23.0. The summed E-state index contributed by atoms with van der Waals surface area (Å²) in [5.74, 6) is -1.52. The summed E-state index contributed by atoms with van der Waals surface area (Å²) < 4.78 is 32.2. The fraction of sp³-hybridized carbons (Fsp3) is 0.542. The number of anilines is 1. The molecule has 1 aromatic rings. The molecule has 1 unspecified atom stereocenters. The lowest BCUT2D eigenvalue weighted by Gasteiger charge is -2.25. The van der Waals surface area contributed by atoms with Crippen LogP contribution in [0.5, 0.6) is 0 Å². The van der Waals surface area contributed by atoms with Crippen LogP contribution in [0.25, 0.3) is 0 Å². The fourth-order valence-corrected chi connectivity index (χ4v) is 3.63. The molecule has 0 spiro atoms. The van der Waals surface area contributed by atoms with Gasteiger partial charge in [0.15, 0.2) is 0 Å². The van der Waals surface area contributed by atoms with Gasteiger partial charge in [-0.2, -0.15) is 0 Å². The van der Waals surface area contributed by atoms with Crippen LogP contribution < -0.4 is 21.1 Å². The van der Waals surface area contributed by atoms with Crippen LogP contribution in [0.2, 0.25) is 0 Å². The molecule has 0 bridgehead atoms. The third kappa shape index (κ3) is 14.4. The molecule has 1 aliphatic heterocycles. The molecule has 14 nitrogen and oxygen atoms in total. The summed E-state index contributed by atoms with van der Waals surface area (Å²) in [5, 5.41) is 12.7. The number of benzene rings is 1. The van der Waals surface area contributed by atoms with Gasteiger partial charge < -0.3 is 20.1 Å². The quantitative estimate of drug-likeness (QED) is 0.108. The second-order valence-electron chi connectivity index (χ2n) is 8.49. The predicted molar refractivity (Wildman–Crippen MR) is 142 cm³/mol. The average molecular weight is 572 g/mol. The van der Waals surface area contributed by atoms with Gasteiger partial charge in [0.05, 0.1) is 32.2 Å². The number of nitrogens with two attached hydrogens (primary N) is 1. The van der Waals surface area contributed by atoms with Crippen molar-refractivity contribution < 1.29 is 41.9 Å². The summed E-state index contributed by atoms with van der Waals surface area (Å²) >= 11 is 0. The van der Waals surface area contributed by atoms with Crippen molar-refractivity contribution in [1.82, 2.24) is 15.5 Å². The number of primary sulfonamides is 1. The van der Waals surface area contributed by atoms with E-state index in [0.717, 1.165) is 5.69 Å². The molecule has 1 saturated heterocycles. The van der Waals surface area contributed by atoms with Gasteiger partial charge in [-0.3, -0.25) is 34.2 Å². The number of aryl methyl sites for hydroxylation is 1. The Morgan fingerprint density at radius 1 is 1.10 bits per heavy atom. The van der Waals surface area contributed by atoms with Crippen LogP contribution in [-0.2, 0) is 43.5 Å². The molecule has 1 aliphatic rings. The third-order valence-electron chi connectivity index (χ3n) is 5.53. The lowest BCUT2D eigenvalue weighted by atomic mass is 10.1. The van der Waals surface area contributed by atoms with Gasteiger partial charge in [0, 0.05) is 31.6 Å². The highest BCUT2D eigenvalue weighted by Gasteiger charge is 2.30. The predicted octanol–water partition coefficient (Wildman–Crippen LogP) is -1.05. The number of amides is 5. The van der Waals surface area contributed by atoms with Gasteiger partial charge in [-0.15, -0.1) is 0 Å². The van der Waals surface area contributed by atoms with E-state index < -0.39 is 22.0 Å². The van der Waals surface area contributed by atoms with Crippen molar-refractivity contribution in [1.29, 1.82) is 0 Å². The Balaban J connectivity index is 0.000000487. The van der Waals surface area contributed by atoms with Gasteiger partial charge >= 0.3 is 0 Å². The lowest BCUT2D eigenvalue weighted by Crippen LogP contribution is -2.51. The first-order valence-corrected chi connectivity index (χ1v) is 13.9. The van der Waals surface area contributed by atoms with Gasteiger partial charge in [0.2, 0.25) is 40.6 Å². The number of piperidine rings is 1. The number of sulfonamides is 1. The van der Waals surface area contributed by atoms with Crippen LogP contribution >= 0.6 is 0 Å². The summed E-state index contributed by atoms with van der Waals surface area (Å²) in [6, 6.07) is 5.30. The summed E-state index contributed by atoms with van der Waals surface area (Å²) in [5.41, 5.74) is 3.59. The van der Waals surface area contributed by atoms with Gasteiger partial charge in [0.25, 0.3) is 0 Å². The van der Waals surface area contributed by atoms with E-state index in [1.807, 2.05) is 17.4 Å². The Hall–Kier alpha value is -3.40. The van der Waals surface area contributed by atoms with E-state index in [0.29, 0.717) is 31.3 Å². The van der Waals surface area contributed by atoms with Gasteiger partial charge in [-0.25, -0.2) is 13.6 Å². The minimum Gasteiger partial charge on any atom is -0.383 e. The van der Waals surface area contributed by atoms with Crippen LogP contribution in [0, 0.1) is 13.8 Å². The number of carbonyl (C=O) groups excluding carboxylic acids is 5. The Labute approximate surface area is 228 Å². The minimum atomic E-state index is -3.55. The van der Waals surface area contributed by atoms with Crippen LogP contribution in [-0.4, -0.2) is 95.2 Å². The van der Waals surface area contributed by atoms with Crippen molar-refractivity contribution in [2.24, 2.45) is 5.14 Å². The number of imide groups is 2. The van der Waals surface area contributed by atoms with Crippen molar-refractivity contribution in [3.05, 3.63) is 29.3 Å². The smallest absolute Gasteiger partial charge is 0.249 e. The minimum absolute atomic E-state index is 0.00813. The van der Waals surface area contributed by atoms with Crippen LogP contribution in [0.3, 0.4) is 0 Å². The third-order valence-corrected chi connectivity index (χ3v) is 6.31. The standard InChI is InChI=1S/C17H29N3O5S.C7H8N2O4/c1-14-4-3-5-16(15(14)2)19-7-10-25-12-11-24-9-6-17(21)20-8-13-26(18,22)23;10-3-9(4-11)5-1-2-6(12)8-7(5)13/h3-5,19H,6-13H2,1-2H3,(H,20,21)(H2,18,22,23);3-5H,1-2H2,(H,8,12,13). The molecule has 15 heteroatoms. The highest BCUT2D eigenvalue weighted by molar-refractivity contribution is 7.89. The van der Waals surface area contributed by atoms with Crippen molar-refractivity contribution >= 4 is 46.3 Å². The maximum Gasteiger partial charge on any atom is 0.249 e. The zero-order chi connectivity index (χ0) is 29.3. The molecule has 0 radical (unpaired) electrons. The monoisotopic (exact) mass is 571 g/mol. The van der Waals surface area contributed by atoms with Gasteiger partial charge in [0.1, 0.15) is 6.04 Å². The highest BCUT2D eigenvalue weighted by Crippen LogP contribution is 2.17. The van der Waals surface area contributed by atoms with E-state index in [4.69, 9.17) is 14.6 Å². The highest BCUT2D eigenvalue weighted by atomic mass is 32.2. The maximum atomic E-state index is 11.4. The molecule has 218 valence electrons. The molecule has 1 fully saturated rings. The first-order chi connectivity index (χ1) is 18.5. The van der Waals surface area contributed by atoms with Crippen molar-refractivity contribution in [3.8, 4) is 0 Å². The maximum absolute atomic E-state index is 11.4. The number of carbonyl (C=O) groups is 5. The summed E-state index contributed by atoms with van der Waals surface area (Å²) in [6.07, 6.45) is 1.05. The number of hydrogen-bond acceptors (Lipinski definition) is 10. The molecule has 1 aromatic carbocycles. The van der Waals surface area contributed by atoms with E-state index in [2.05, 4.69) is 30.5 Å². The molecule has 5 amide bonds. The lowest BCUT2D eigenvalue weighted by molar-refractivity contribution is -0.145. The summed E-state index contributed by atoms with van der Waals surface area (Å²) in [4.78, 5) is 54.5. The number of hydrogen-bond donors (Lipinski definition) is 4. The molecule has 39 heavy (non-hydrogen) atoms. The molecule has 2 rings (SSSR count). The molecule has 1 atom stereocenters. The van der Waals surface area contributed by atoms with E-state index in [-0.39, 0.29) is 62.8 Å². The Kier molecular flexibility index (Phi) is 15.5. The first-order valence-electron chi connectivity index (χ1n) is 12.2. The van der Waals surface area contributed by atoms with E-state index in [1.165, 1.54) is 11.1 Å². The molecular formula is C24H37N5O9S. The SMILES string of the molecule is Cc1cccc(NCCOCCOCCC(=O)NCCS(N)(=O)=O)c1C.O=CN(C=O)C1CCC(=O)NC1=O. The van der Waals surface area contributed by atoms with Crippen molar-refractivity contribution in [2.75, 3.05) is 50.6 Å². The summed E-state index contributed by atoms with van der Waals surface area (Å²) in [7, 11) is -3.55. The number of rotatable bonds is 16. The largest absolute Gasteiger partial charge is 0.383 e. The number of ether oxygens (including phenoxy) is 2. The fourth-order valence-electron chi connectivity index (χ4n) is 3.25. The Bertz CT molecular complexity index is 1070. The van der Waals surface area contributed by atoms with Crippen molar-refractivity contribution in [2.45, 2.75) is 39.2 Å². The first kappa shape index (κ1) is 33.6. The zero-order valence-electron chi connectivity index (χ0n) is 22.1. The van der Waals surface area contributed by atoms with Crippen LogP contribution in [0.4, 0.5) is 5.69 Å². The molecule has 5 N–H and O–H groups in total. The van der Waals surface area contributed by atoms with Gasteiger partial charge in [-0.05, 0) is 37.5 Å². The second-order valence-corrected chi connectivity index (χ2v) is 10.2. The van der Waals surface area contributed by atoms with Crippen LogP contribution in [0.1, 0.15) is 30.4 Å². The normalized spacial score (nSPS) is 14.9. The topological polar surface area (TPSA) is 203 Å². The average Bonchev–Trinajstić information content (AvgIpc) is 2.87. The van der Waals surface area contributed by atoms with E-state index in [9.17, 15) is 32.4 Å². The molecule has 0 aliphatic carbocycles. The molecule has 1 heterocycles. The van der Waals surface area contributed by atoms with E-state index in [1.54, 1.807) is 0 Å².